The molecule has 1 aliphatic rings. The van der Waals surface area contributed by atoms with Crippen LogP contribution in [0.2, 0.25) is 0 Å². The maximum atomic E-state index is 11.9. The predicted molar refractivity (Wildman–Crippen MR) is 74.2 cm³/mol. The summed E-state index contributed by atoms with van der Waals surface area (Å²) in [6.07, 6.45) is 2.38. The van der Waals surface area contributed by atoms with Gasteiger partial charge >= 0.3 is 0 Å². The van der Waals surface area contributed by atoms with Gasteiger partial charge in [-0.25, -0.2) is 4.98 Å². The standard InChI is InChI=1S/C12H17N5OS/c13-5-9-2-1-3-16(6-9)7-10-4-11(18)17-12(15-10)19-8-14-17/h4,8-9H,1-3,5-7,13H2. The first-order valence-corrected chi connectivity index (χ1v) is 7.39. The van der Waals surface area contributed by atoms with Crippen LogP contribution in [-0.2, 0) is 6.54 Å². The zero-order chi connectivity index (χ0) is 13.2. The van der Waals surface area contributed by atoms with Gasteiger partial charge in [0.15, 0.2) is 0 Å². The van der Waals surface area contributed by atoms with Crippen molar-refractivity contribution in [2.24, 2.45) is 11.7 Å². The lowest BCUT2D eigenvalue weighted by atomic mass is 9.98. The van der Waals surface area contributed by atoms with Gasteiger partial charge in [-0.1, -0.05) is 11.3 Å². The molecule has 6 nitrogen and oxygen atoms in total. The first-order valence-electron chi connectivity index (χ1n) is 6.51. The van der Waals surface area contributed by atoms with Gasteiger partial charge in [-0.05, 0) is 31.8 Å². The van der Waals surface area contributed by atoms with Gasteiger partial charge in [0.25, 0.3) is 5.56 Å². The average Bonchev–Trinajstić information content (AvgIpc) is 2.88. The number of nitrogens with two attached hydrogens (primary N) is 1. The maximum Gasteiger partial charge on any atom is 0.275 e. The van der Waals surface area contributed by atoms with Crippen LogP contribution in [0.1, 0.15) is 18.5 Å². The fraction of sp³-hybridized carbons (Fsp3) is 0.583. The van der Waals surface area contributed by atoms with Crippen molar-refractivity contribution < 1.29 is 0 Å². The second kappa shape index (κ2) is 5.36. The summed E-state index contributed by atoms with van der Waals surface area (Å²) >= 11 is 1.38. The minimum Gasteiger partial charge on any atom is -0.330 e. The third-order valence-corrected chi connectivity index (χ3v) is 4.24. The summed E-state index contributed by atoms with van der Waals surface area (Å²) in [6.45, 7) is 3.51. The number of piperidine rings is 1. The molecule has 0 bridgehead atoms. The highest BCUT2D eigenvalue weighted by Crippen LogP contribution is 2.17. The van der Waals surface area contributed by atoms with Crippen molar-refractivity contribution in [3.63, 3.8) is 0 Å². The molecule has 1 unspecified atom stereocenters. The summed E-state index contributed by atoms with van der Waals surface area (Å²) in [5, 5.41) is 3.96. The van der Waals surface area contributed by atoms with Crippen molar-refractivity contribution >= 4 is 16.3 Å². The van der Waals surface area contributed by atoms with E-state index in [9.17, 15) is 4.79 Å². The van der Waals surface area contributed by atoms with Gasteiger partial charge in [-0.15, -0.1) is 0 Å². The van der Waals surface area contributed by atoms with Gasteiger partial charge in [0, 0.05) is 19.2 Å². The van der Waals surface area contributed by atoms with Crippen LogP contribution >= 0.6 is 11.3 Å². The Hall–Kier alpha value is -1.31. The van der Waals surface area contributed by atoms with Crippen molar-refractivity contribution in [3.8, 4) is 0 Å². The molecular weight excluding hydrogens is 262 g/mol. The first-order chi connectivity index (χ1) is 9.26. The second-order valence-electron chi connectivity index (χ2n) is 5.00. The van der Waals surface area contributed by atoms with Crippen LogP contribution in [0.15, 0.2) is 16.4 Å². The third kappa shape index (κ3) is 2.68. The Kier molecular flexibility index (Phi) is 3.58. The molecular formula is C12H17N5OS. The lowest BCUT2D eigenvalue weighted by Gasteiger charge is -2.31. The Labute approximate surface area is 114 Å². The van der Waals surface area contributed by atoms with Crippen molar-refractivity contribution in [3.05, 3.63) is 27.6 Å². The van der Waals surface area contributed by atoms with E-state index in [1.807, 2.05) is 0 Å². The topological polar surface area (TPSA) is 76.5 Å². The normalized spacial score (nSPS) is 21.0. The predicted octanol–water partition coefficient (Wildman–Crippen LogP) is 0.322. The minimum absolute atomic E-state index is 0.103. The van der Waals surface area contributed by atoms with E-state index in [2.05, 4.69) is 15.0 Å². The number of hydrogen-bond donors (Lipinski definition) is 1. The largest absolute Gasteiger partial charge is 0.330 e. The Morgan fingerprint density at radius 2 is 2.42 bits per heavy atom. The summed E-state index contributed by atoms with van der Waals surface area (Å²) in [5.74, 6) is 0.571. The molecule has 2 aromatic heterocycles. The van der Waals surface area contributed by atoms with Crippen LogP contribution in [0.4, 0.5) is 0 Å². The molecule has 0 radical (unpaired) electrons. The SMILES string of the molecule is NCC1CCCN(Cc2cc(=O)n3ncsc3n2)C1. The molecule has 1 atom stereocenters. The minimum atomic E-state index is -0.103. The van der Waals surface area contributed by atoms with Crippen LogP contribution in [0.3, 0.4) is 0 Å². The molecule has 102 valence electrons. The molecule has 3 heterocycles. The van der Waals surface area contributed by atoms with Gasteiger partial charge in [0.1, 0.15) is 5.51 Å². The summed E-state index contributed by atoms with van der Waals surface area (Å²) in [7, 11) is 0. The second-order valence-corrected chi connectivity index (χ2v) is 5.81. The van der Waals surface area contributed by atoms with Crippen molar-refractivity contribution in [2.75, 3.05) is 19.6 Å². The number of fused-ring (bicyclic) bond motifs is 1. The van der Waals surface area contributed by atoms with Crippen molar-refractivity contribution in [2.45, 2.75) is 19.4 Å². The monoisotopic (exact) mass is 279 g/mol. The van der Waals surface area contributed by atoms with Gasteiger partial charge < -0.3 is 5.73 Å². The van der Waals surface area contributed by atoms with E-state index in [-0.39, 0.29) is 5.56 Å². The Morgan fingerprint density at radius 1 is 1.53 bits per heavy atom. The lowest BCUT2D eigenvalue weighted by Crippen LogP contribution is -2.38. The quantitative estimate of drug-likeness (QED) is 0.875. The Morgan fingerprint density at radius 3 is 3.26 bits per heavy atom. The summed E-state index contributed by atoms with van der Waals surface area (Å²) < 4.78 is 1.34. The smallest absolute Gasteiger partial charge is 0.275 e. The summed E-state index contributed by atoms with van der Waals surface area (Å²) in [4.78, 5) is 19.3. The van der Waals surface area contributed by atoms with E-state index in [0.29, 0.717) is 10.9 Å². The number of aromatic nitrogens is 3. The van der Waals surface area contributed by atoms with Crippen LogP contribution in [0.25, 0.3) is 4.96 Å². The summed E-state index contributed by atoms with van der Waals surface area (Å²) in [5.41, 5.74) is 8.10. The molecule has 0 aromatic carbocycles. The van der Waals surface area contributed by atoms with Gasteiger partial charge in [-0.3, -0.25) is 9.69 Å². The van der Waals surface area contributed by atoms with Gasteiger partial charge in [-0.2, -0.15) is 9.61 Å². The molecule has 1 saturated heterocycles. The zero-order valence-electron chi connectivity index (χ0n) is 10.7. The highest BCUT2D eigenvalue weighted by molar-refractivity contribution is 7.14. The first kappa shape index (κ1) is 12.7. The molecule has 2 aromatic rings. The lowest BCUT2D eigenvalue weighted by molar-refractivity contribution is 0.169. The fourth-order valence-electron chi connectivity index (χ4n) is 2.60. The molecule has 19 heavy (non-hydrogen) atoms. The van der Waals surface area contributed by atoms with Crippen LogP contribution in [0, 0.1) is 5.92 Å². The molecule has 0 aliphatic carbocycles. The molecule has 1 aliphatic heterocycles. The van der Waals surface area contributed by atoms with Crippen LogP contribution < -0.4 is 11.3 Å². The molecule has 1 fully saturated rings. The highest BCUT2D eigenvalue weighted by atomic mass is 32.1. The van der Waals surface area contributed by atoms with Crippen molar-refractivity contribution in [1.29, 1.82) is 0 Å². The van der Waals surface area contributed by atoms with E-state index < -0.39 is 0 Å². The van der Waals surface area contributed by atoms with Gasteiger partial charge in [0.2, 0.25) is 4.96 Å². The molecule has 3 rings (SSSR count). The molecule has 7 heteroatoms. The average molecular weight is 279 g/mol. The van der Waals surface area contributed by atoms with Gasteiger partial charge in [0.05, 0.1) is 5.69 Å². The van der Waals surface area contributed by atoms with E-state index in [1.165, 1.54) is 28.7 Å². The van der Waals surface area contributed by atoms with E-state index in [1.54, 1.807) is 11.6 Å². The summed E-state index contributed by atoms with van der Waals surface area (Å²) in [6, 6.07) is 1.58. The number of likely N-dealkylation sites (tertiary alicyclic amines) is 1. The zero-order valence-corrected chi connectivity index (χ0v) is 11.5. The number of rotatable bonds is 3. The molecule has 0 amide bonds. The molecule has 0 spiro atoms. The van der Waals surface area contributed by atoms with Crippen molar-refractivity contribution in [1.82, 2.24) is 19.5 Å². The molecule has 0 saturated carbocycles. The van der Waals surface area contributed by atoms with Crippen LogP contribution in [0.5, 0.6) is 0 Å². The third-order valence-electron chi connectivity index (χ3n) is 3.56. The Bertz CT molecular complexity index is 622. The van der Waals surface area contributed by atoms with E-state index in [0.717, 1.165) is 31.9 Å². The maximum absolute atomic E-state index is 11.9. The van der Waals surface area contributed by atoms with E-state index >= 15 is 0 Å². The highest BCUT2D eigenvalue weighted by Gasteiger charge is 2.19. The fourth-order valence-corrected chi connectivity index (χ4v) is 3.24. The van der Waals surface area contributed by atoms with E-state index in [4.69, 9.17) is 5.73 Å². The Balaban J connectivity index is 1.79. The van der Waals surface area contributed by atoms with Crippen LogP contribution in [-0.4, -0.2) is 39.1 Å². The number of nitrogens with zero attached hydrogens (tertiary/aromatic N) is 4. The number of hydrogen-bond acceptors (Lipinski definition) is 6. The molecule has 2 N–H and O–H groups in total.